The van der Waals surface area contributed by atoms with Gasteiger partial charge in [-0.1, -0.05) is 6.07 Å². The van der Waals surface area contributed by atoms with E-state index >= 15 is 0 Å². The second kappa shape index (κ2) is 5.82. The van der Waals surface area contributed by atoms with E-state index in [1.807, 2.05) is 0 Å². The smallest absolute Gasteiger partial charge is 0.275 e. The molecule has 0 saturated heterocycles. The molecule has 0 amide bonds. The molecule has 8 heteroatoms. The maximum atomic E-state index is 13.4. The standard InChI is InChI=1S/C13H14F2N2O3S/c1-17(2)21(18,19)12-7-6-9(20-12)8-16-11-5-3-4-10(14)13(11)15/h3-7,16H,8H2,1-2H3. The van der Waals surface area contributed by atoms with Crippen LogP contribution in [0.2, 0.25) is 0 Å². The van der Waals surface area contributed by atoms with Gasteiger partial charge in [-0.25, -0.2) is 21.5 Å². The van der Waals surface area contributed by atoms with Crippen LogP contribution in [0.25, 0.3) is 0 Å². The van der Waals surface area contributed by atoms with Crippen LogP contribution in [0.3, 0.4) is 0 Å². The highest BCUT2D eigenvalue weighted by molar-refractivity contribution is 7.88. The predicted octanol–water partition coefficient (Wildman–Crippen LogP) is 2.42. The second-order valence-corrected chi connectivity index (χ2v) is 6.55. The number of rotatable bonds is 5. The third-order valence-corrected chi connectivity index (χ3v) is 4.47. The fourth-order valence-corrected chi connectivity index (χ4v) is 2.41. The molecule has 2 rings (SSSR count). The van der Waals surface area contributed by atoms with Crippen LogP contribution < -0.4 is 5.32 Å². The molecule has 1 aromatic carbocycles. The number of furan rings is 1. The van der Waals surface area contributed by atoms with Crippen LogP contribution in [-0.4, -0.2) is 26.8 Å². The first-order chi connectivity index (χ1) is 9.82. The van der Waals surface area contributed by atoms with Crippen molar-refractivity contribution in [2.45, 2.75) is 11.6 Å². The van der Waals surface area contributed by atoms with Crippen molar-refractivity contribution < 1.29 is 21.6 Å². The van der Waals surface area contributed by atoms with Gasteiger partial charge in [0, 0.05) is 14.1 Å². The summed E-state index contributed by atoms with van der Waals surface area (Å²) in [6.07, 6.45) is 0. The lowest BCUT2D eigenvalue weighted by Crippen LogP contribution is -2.21. The molecular weight excluding hydrogens is 302 g/mol. The van der Waals surface area contributed by atoms with Crippen molar-refractivity contribution in [1.29, 1.82) is 0 Å². The average Bonchev–Trinajstić information content (AvgIpc) is 2.90. The molecule has 0 bridgehead atoms. The summed E-state index contributed by atoms with van der Waals surface area (Å²) in [5.41, 5.74) is -0.0246. The van der Waals surface area contributed by atoms with E-state index in [0.29, 0.717) is 5.76 Å². The average molecular weight is 316 g/mol. The minimum Gasteiger partial charge on any atom is -0.446 e. The summed E-state index contributed by atoms with van der Waals surface area (Å²) in [5, 5.41) is 2.44. The first kappa shape index (κ1) is 15.5. The van der Waals surface area contributed by atoms with Crippen LogP contribution in [0.5, 0.6) is 0 Å². The van der Waals surface area contributed by atoms with Gasteiger partial charge in [-0.3, -0.25) is 0 Å². The zero-order valence-electron chi connectivity index (χ0n) is 11.4. The first-order valence-corrected chi connectivity index (χ1v) is 7.45. The van der Waals surface area contributed by atoms with Gasteiger partial charge in [-0.2, -0.15) is 0 Å². The number of hydrogen-bond acceptors (Lipinski definition) is 4. The number of anilines is 1. The van der Waals surface area contributed by atoms with E-state index in [1.165, 1.54) is 38.4 Å². The zero-order chi connectivity index (χ0) is 15.6. The van der Waals surface area contributed by atoms with Gasteiger partial charge in [-0.05, 0) is 24.3 Å². The summed E-state index contributed by atoms with van der Waals surface area (Å²) in [7, 11) is -0.875. The summed E-state index contributed by atoms with van der Waals surface area (Å²) < 4.78 is 56.3. The highest BCUT2D eigenvalue weighted by Crippen LogP contribution is 2.20. The minimum absolute atomic E-state index is 0.0246. The van der Waals surface area contributed by atoms with Crippen molar-refractivity contribution in [2.75, 3.05) is 19.4 Å². The van der Waals surface area contributed by atoms with E-state index in [4.69, 9.17) is 4.42 Å². The van der Waals surface area contributed by atoms with Crippen molar-refractivity contribution in [3.05, 3.63) is 47.7 Å². The Morgan fingerprint density at radius 1 is 1.19 bits per heavy atom. The molecule has 21 heavy (non-hydrogen) atoms. The SMILES string of the molecule is CN(C)S(=O)(=O)c1ccc(CNc2cccc(F)c2F)o1. The molecule has 1 N–H and O–H groups in total. The Labute approximate surface area is 121 Å². The second-order valence-electron chi connectivity index (χ2n) is 4.46. The van der Waals surface area contributed by atoms with Gasteiger partial charge >= 0.3 is 0 Å². The maximum absolute atomic E-state index is 13.4. The van der Waals surface area contributed by atoms with E-state index in [-0.39, 0.29) is 17.3 Å². The Hall–Kier alpha value is -1.93. The number of nitrogens with zero attached hydrogens (tertiary/aromatic N) is 1. The topological polar surface area (TPSA) is 62.6 Å². The summed E-state index contributed by atoms with van der Waals surface area (Å²) in [6.45, 7) is 0.0311. The van der Waals surface area contributed by atoms with Crippen molar-refractivity contribution in [3.8, 4) is 0 Å². The lowest BCUT2D eigenvalue weighted by Gasteiger charge is -2.08. The minimum atomic E-state index is -3.65. The lowest BCUT2D eigenvalue weighted by atomic mass is 10.3. The van der Waals surface area contributed by atoms with Gasteiger partial charge in [0.25, 0.3) is 10.0 Å². The van der Waals surface area contributed by atoms with E-state index in [2.05, 4.69) is 5.32 Å². The molecule has 1 heterocycles. The van der Waals surface area contributed by atoms with Crippen molar-refractivity contribution >= 4 is 15.7 Å². The first-order valence-electron chi connectivity index (χ1n) is 6.01. The summed E-state index contributed by atoms with van der Waals surface area (Å²) >= 11 is 0. The van der Waals surface area contributed by atoms with Crippen LogP contribution in [0.15, 0.2) is 39.8 Å². The number of benzene rings is 1. The fraction of sp³-hybridized carbons (Fsp3) is 0.231. The molecule has 0 atom stereocenters. The molecule has 0 saturated carbocycles. The van der Waals surface area contributed by atoms with Crippen LogP contribution in [0, 0.1) is 11.6 Å². The zero-order valence-corrected chi connectivity index (χ0v) is 12.2. The Morgan fingerprint density at radius 3 is 2.57 bits per heavy atom. The van der Waals surface area contributed by atoms with E-state index in [1.54, 1.807) is 0 Å². The third-order valence-electron chi connectivity index (χ3n) is 2.78. The predicted molar refractivity (Wildman–Crippen MR) is 73.3 cm³/mol. The molecule has 0 fully saturated rings. The molecule has 0 aliphatic heterocycles. The molecule has 0 radical (unpaired) electrons. The van der Waals surface area contributed by atoms with Crippen molar-refractivity contribution in [3.63, 3.8) is 0 Å². The Morgan fingerprint density at radius 2 is 1.90 bits per heavy atom. The van der Waals surface area contributed by atoms with Gasteiger partial charge in [0.1, 0.15) is 5.76 Å². The van der Waals surface area contributed by atoms with Gasteiger partial charge < -0.3 is 9.73 Å². The highest BCUT2D eigenvalue weighted by Gasteiger charge is 2.21. The van der Waals surface area contributed by atoms with Gasteiger partial charge in [0.05, 0.1) is 12.2 Å². The molecule has 0 aliphatic rings. The van der Waals surface area contributed by atoms with E-state index < -0.39 is 21.7 Å². The molecule has 5 nitrogen and oxygen atoms in total. The number of halogens is 2. The highest BCUT2D eigenvalue weighted by atomic mass is 32.2. The molecular formula is C13H14F2N2O3S. The van der Waals surface area contributed by atoms with Crippen LogP contribution in [0.1, 0.15) is 5.76 Å². The van der Waals surface area contributed by atoms with Crippen molar-refractivity contribution in [1.82, 2.24) is 4.31 Å². The Kier molecular flexibility index (Phi) is 4.29. The quantitative estimate of drug-likeness (QED) is 0.920. The molecule has 0 aliphatic carbocycles. The van der Waals surface area contributed by atoms with Crippen molar-refractivity contribution in [2.24, 2.45) is 0 Å². The third kappa shape index (κ3) is 3.22. The maximum Gasteiger partial charge on any atom is 0.275 e. The van der Waals surface area contributed by atoms with E-state index in [9.17, 15) is 17.2 Å². The number of sulfonamides is 1. The normalized spacial score (nSPS) is 11.9. The summed E-state index contributed by atoms with van der Waals surface area (Å²) in [6, 6.07) is 6.52. The van der Waals surface area contributed by atoms with Gasteiger partial charge in [0.15, 0.2) is 11.6 Å². The fourth-order valence-electron chi connectivity index (χ4n) is 1.59. The largest absolute Gasteiger partial charge is 0.446 e. The molecule has 0 unspecified atom stereocenters. The lowest BCUT2D eigenvalue weighted by molar-refractivity contribution is 0.402. The molecule has 114 valence electrons. The Bertz CT molecular complexity index is 742. The monoisotopic (exact) mass is 316 g/mol. The summed E-state index contributed by atoms with van der Waals surface area (Å²) in [4.78, 5) is 0. The van der Waals surface area contributed by atoms with Crippen LogP contribution >= 0.6 is 0 Å². The van der Waals surface area contributed by atoms with Gasteiger partial charge in [0.2, 0.25) is 5.09 Å². The van der Waals surface area contributed by atoms with Crippen LogP contribution in [-0.2, 0) is 16.6 Å². The molecule has 0 spiro atoms. The Balaban J connectivity index is 2.12. The van der Waals surface area contributed by atoms with Crippen LogP contribution in [0.4, 0.5) is 14.5 Å². The number of hydrogen-bond donors (Lipinski definition) is 1. The number of nitrogens with one attached hydrogen (secondary N) is 1. The van der Waals surface area contributed by atoms with E-state index in [0.717, 1.165) is 10.4 Å². The molecule has 1 aromatic heterocycles. The summed E-state index contributed by atoms with van der Waals surface area (Å²) in [5.74, 6) is -1.67. The molecule has 2 aromatic rings. The van der Waals surface area contributed by atoms with Gasteiger partial charge in [-0.15, -0.1) is 0 Å².